The van der Waals surface area contributed by atoms with Crippen LogP contribution in [-0.2, 0) is 4.79 Å². The zero-order chi connectivity index (χ0) is 20.7. The number of rotatable bonds is 7. The molecule has 2 aromatic carbocycles. The number of hydrogen-bond acceptors (Lipinski definition) is 5. The lowest BCUT2D eigenvalue weighted by molar-refractivity contribution is -0.112. The maximum absolute atomic E-state index is 12.4. The van der Waals surface area contributed by atoms with Crippen LogP contribution in [0.25, 0.3) is 6.08 Å². The van der Waals surface area contributed by atoms with Crippen molar-refractivity contribution in [3.8, 4) is 23.3 Å². The second-order valence-electron chi connectivity index (χ2n) is 6.05. The molecule has 1 N–H and O–H groups in total. The number of nitriles is 1. The lowest BCUT2D eigenvalue weighted by atomic mass is 10.1. The van der Waals surface area contributed by atoms with Crippen LogP contribution in [-0.4, -0.2) is 26.2 Å². The first-order valence-corrected chi connectivity index (χ1v) is 8.87. The Balaban J connectivity index is 2.28. The van der Waals surface area contributed by atoms with E-state index in [0.717, 1.165) is 0 Å². The van der Waals surface area contributed by atoms with E-state index in [0.29, 0.717) is 33.5 Å². The van der Waals surface area contributed by atoms with Crippen LogP contribution in [0.3, 0.4) is 0 Å². The van der Waals surface area contributed by atoms with Gasteiger partial charge in [-0.25, -0.2) is 0 Å². The highest BCUT2D eigenvalue weighted by molar-refractivity contribution is 6.32. The van der Waals surface area contributed by atoms with Gasteiger partial charge in [0, 0.05) is 5.69 Å². The molecule has 1 amide bonds. The fraction of sp³-hybridized carbons (Fsp3) is 0.238. The average molecular weight is 401 g/mol. The molecule has 0 aliphatic rings. The fourth-order valence-corrected chi connectivity index (χ4v) is 2.62. The Bertz CT molecular complexity index is 915. The van der Waals surface area contributed by atoms with E-state index in [9.17, 15) is 10.1 Å². The summed E-state index contributed by atoms with van der Waals surface area (Å²) in [5, 5.41) is 12.4. The topological polar surface area (TPSA) is 80.6 Å². The Labute approximate surface area is 169 Å². The third-order valence-electron chi connectivity index (χ3n) is 3.63. The van der Waals surface area contributed by atoms with Crippen molar-refractivity contribution >= 4 is 29.3 Å². The Morgan fingerprint density at radius 3 is 2.39 bits per heavy atom. The number of amides is 1. The lowest BCUT2D eigenvalue weighted by Crippen LogP contribution is -2.13. The van der Waals surface area contributed by atoms with E-state index in [2.05, 4.69) is 5.32 Å². The van der Waals surface area contributed by atoms with Gasteiger partial charge in [-0.1, -0.05) is 11.6 Å². The van der Waals surface area contributed by atoms with Gasteiger partial charge in [0.2, 0.25) is 0 Å². The minimum Gasteiger partial charge on any atom is -0.497 e. The number of ether oxygens (including phenoxy) is 3. The molecule has 0 aliphatic heterocycles. The van der Waals surface area contributed by atoms with Crippen LogP contribution in [0, 0.1) is 11.3 Å². The first-order chi connectivity index (χ1) is 13.4. The molecular weight excluding hydrogens is 380 g/mol. The Morgan fingerprint density at radius 2 is 1.86 bits per heavy atom. The number of nitrogens with one attached hydrogen (secondary N) is 1. The van der Waals surface area contributed by atoms with Crippen molar-refractivity contribution < 1.29 is 19.0 Å². The molecule has 0 aromatic heterocycles. The molecule has 0 saturated heterocycles. The number of methoxy groups -OCH3 is 2. The van der Waals surface area contributed by atoms with Gasteiger partial charge < -0.3 is 19.5 Å². The van der Waals surface area contributed by atoms with Crippen LogP contribution in [0.5, 0.6) is 17.2 Å². The number of anilines is 1. The molecule has 2 aromatic rings. The SMILES string of the molecule is COc1ccc(NC(=O)/C(C#N)=C/c2cc(Cl)c(OC(C)C)c(OC)c2)cc1. The Hall–Kier alpha value is -3.17. The second-order valence-corrected chi connectivity index (χ2v) is 6.46. The molecule has 0 atom stereocenters. The van der Waals surface area contributed by atoms with Gasteiger partial charge >= 0.3 is 0 Å². The number of carbonyl (C=O) groups is 1. The molecule has 28 heavy (non-hydrogen) atoms. The molecule has 0 unspecified atom stereocenters. The lowest BCUT2D eigenvalue weighted by Gasteiger charge is -2.15. The van der Waals surface area contributed by atoms with Crippen molar-refractivity contribution in [2.45, 2.75) is 20.0 Å². The van der Waals surface area contributed by atoms with E-state index in [4.69, 9.17) is 25.8 Å². The third-order valence-corrected chi connectivity index (χ3v) is 3.91. The molecule has 7 heteroatoms. The van der Waals surface area contributed by atoms with Gasteiger partial charge in [-0.05, 0) is 61.9 Å². The largest absolute Gasteiger partial charge is 0.497 e. The fourth-order valence-electron chi connectivity index (χ4n) is 2.36. The quantitative estimate of drug-likeness (QED) is 0.538. The summed E-state index contributed by atoms with van der Waals surface area (Å²) in [4.78, 5) is 12.4. The van der Waals surface area contributed by atoms with E-state index in [1.165, 1.54) is 13.2 Å². The average Bonchev–Trinajstić information content (AvgIpc) is 2.68. The highest BCUT2D eigenvalue weighted by atomic mass is 35.5. The second kappa shape index (κ2) is 9.67. The summed E-state index contributed by atoms with van der Waals surface area (Å²) in [6.07, 6.45) is 1.35. The van der Waals surface area contributed by atoms with Gasteiger partial charge in [-0.15, -0.1) is 0 Å². The van der Waals surface area contributed by atoms with Crippen LogP contribution >= 0.6 is 11.6 Å². The van der Waals surface area contributed by atoms with Crippen LogP contribution in [0.4, 0.5) is 5.69 Å². The van der Waals surface area contributed by atoms with Gasteiger partial charge in [-0.3, -0.25) is 4.79 Å². The van der Waals surface area contributed by atoms with Crippen molar-refractivity contribution in [2.24, 2.45) is 0 Å². The summed E-state index contributed by atoms with van der Waals surface area (Å²) < 4.78 is 16.1. The Kier molecular flexibility index (Phi) is 7.30. The van der Waals surface area contributed by atoms with Crippen LogP contribution in [0.15, 0.2) is 42.0 Å². The maximum Gasteiger partial charge on any atom is 0.266 e. The van der Waals surface area contributed by atoms with E-state index in [-0.39, 0.29) is 11.7 Å². The summed E-state index contributed by atoms with van der Waals surface area (Å²) >= 11 is 6.29. The van der Waals surface area contributed by atoms with Crippen LogP contribution < -0.4 is 19.5 Å². The molecule has 146 valence electrons. The van der Waals surface area contributed by atoms with Crippen LogP contribution in [0.1, 0.15) is 19.4 Å². The molecule has 0 aliphatic carbocycles. The minimum absolute atomic E-state index is 0.0773. The summed E-state index contributed by atoms with van der Waals surface area (Å²) in [6.45, 7) is 3.75. The van der Waals surface area contributed by atoms with Gasteiger partial charge in [0.05, 0.1) is 25.3 Å². The van der Waals surface area contributed by atoms with Crippen molar-refractivity contribution in [3.63, 3.8) is 0 Å². The summed E-state index contributed by atoms with van der Waals surface area (Å²) in [5.74, 6) is 0.961. The summed E-state index contributed by atoms with van der Waals surface area (Å²) in [5.41, 5.74) is 1.01. The standard InChI is InChI=1S/C21H21ClN2O4/c1-13(2)28-20-18(22)10-14(11-19(20)27-4)9-15(12-23)21(25)24-16-5-7-17(26-3)8-6-16/h5-11,13H,1-4H3,(H,24,25)/b15-9+. The third kappa shape index (κ3) is 5.41. The molecule has 0 fully saturated rings. The first-order valence-electron chi connectivity index (χ1n) is 8.49. The molecule has 0 spiro atoms. The normalized spacial score (nSPS) is 11.0. The number of carbonyl (C=O) groups excluding carboxylic acids is 1. The van der Waals surface area contributed by atoms with E-state index >= 15 is 0 Å². The van der Waals surface area contributed by atoms with E-state index < -0.39 is 5.91 Å². The molecule has 2 rings (SSSR count). The van der Waals surface area contributed by atoms with E-state index in [1.54, 1.807) is 43.5 Å². The smallest absolute Gasteiger partial charge is 0.266 e. The molecule has 0 saturated carbocycles. The number of halogens is 1. The maximum atomic E-state index is 12.4. The van der Waals surface area contributed by atoms with Crippen molar-refractivity contribution in [1.29, 1.82) is 5.26 Å². The molecule has 0 radical (unpaired) electrons. The molecule has 0 heterocycles. The number of benzene rings is 2. The van der Waals surface area contributed by atoms with Crippen molar-refractivity contribution in [1.82, 2.24) is 0 Å². The summed E-state index contributed by atoms with van der Waals surface area (Å²) in [7, 11) is 3.05. The summed E-state index contributed by atoms with van der Waals surface area (Å²) in [6, 6.07) is 12.0. The first kappa shape index (κ1) is 21.1. The van der Waals surface area contributed by atoms with Gasteiger partial charge in [-0.2, -0.15) is 5.26 Å². The zero-order valence-corrected chi connectivity index (χ0v) is 16.8. The number of nitrogens with zero attached hydrogens (tertiary/aromatic N) is 1. The monoisotopic (exact) mass is 400 g/mol. The molecular formula is C21H21ClN2O4. The minimum atomic E-state index is -0.537. The van der Waals surface area contributed by atoms with Crippen LogP contribution in [0.2, 0.25) is 5.02 Å². The van der Waals surface area contributed by atoms with Gasteiger partial charge in [0.15, 0.2) is 11.5 Å². The Morgan fingerprint density at radius 1 is 1.18 bits per heavy atom. The zero-order valence-electron chi connectivity index (χ0n) is 16.1. The predicted octanol–water partition coefficient (Wildman–Crippen LogP) is 4.69. The van der Waals surface area contributed by atoms with E-state index in [1.807, 2.05) is 19.9 Å². The van der Waals surface area contributed by atoms with Crippen molar-refractivity contribution in [2.75, 3.05) is 19.5 Å². The van der Waals surface area contributed by atoms with Gasteiger partial charge in [0.25, 0.3) is 5.91 Å². The number of hydrogen-bond donors (Lipinski definition) is 1. The highest BCUT2D eigenvalue weighted by Crippen LogP contribution is 2.37. The molecule has 6 nitrogen and oxygen atoms in total. The van der Waals surface area contributed by atoms with Gasteiger partial charge in [0.1, 0.15) is 17.4 Å². The predicted molar refractivity (Wildman–Crippen MR) is 109 cm³/mol. The molecule has 0 bridgehead atoms. The van der Waals surface area contributed by atoms with Crippen molar-refractivity contribution in [3.05, 3.63) is 52.6 Å². The highest BCUT2D eigenvalue weighted by Gasteiger charge is 2.15.